The lowest BCUT2D eigenvalue weighted by Crippen LogP contribution is -2.15. The van der Waals surface area contributed by atoms with E-state index in [-0.39, 0.29) is 5.56 Å². The lowest BCUT2D eigenvalue weighted by atomic mass is 10.3. The molecule has 0 saturated carbocycles. The van der Waals surface area contributed by atoms with Crippen LogP contribution in [0.3, 0.4) is 0 Å². The highest BCUT2D eigenvalue weighted by molar-refractivity contribution is 5.78. The van der Waals surface area contributed by atoms with E-state index in [1.807, 2.05) is 0 Å². The Morgan fingerprint density at radius 1 is 1.36 bits per heavy atom. The molecule has 5 nitrogen and oxygen atoms in total. The minimum Gasteiger partial charge on any atom is -0.297 e. The Kier molecular flexibility index (Phi) is 1.25. The smallest absolute Gasteiger partial charge is 0.282 e. The van der Waals surface area contributed by atoms with Gasteiger partial charge in [0, 0.05) is 24.7 Å². The molecule has 68 valence electrons. The van der Waals surface area contributed by atoms with Gasteiger partial charge in [-0.3, -0.25) is 14.9 Å². The number of H-pyrrole nitrogens is 1. The minimum atomic E-state index is -0.122. The zero-order chi connectivity index (χ0) is 9.54. The molecule has 0 spiro atoms. The fourth-order valence-electron chi connectivity index (χ4n) is 1.47. The van der Waals surface area contributed by atoms with Gasteiger partial charge in [0.2, 0.25) is 0 Å². The highest BCUT2D eigenvalue weighted by atomic mass is 16.1. The monoisotopic (exact) mass is 186 g/mol. The number of rotatable bonds is 0. The summed E-state index contributed by atoms with van der Waals surface area (Å²) in [4.78, 5) is 20.0. The van der Waals surface area contributed by atoms with Crippen LogP contribution in [0.1, 0.15) is 0 Å². The summed E-state index contributed by atoms with van der Waals surface area (Å²) in [7, 11) is 0. The zero-order valence-electron chi connectivity index (χ0n) is 7.14. The summed E-state index contributed by atoms with van der Waals surface area (Å²) in [5.41, 5.74) is 1.17. The number of hydrogen-bond acceptors (Lipinski definition) is 3. The fourth-order valence-corrected chi connectivity index (χ4v) is 1.47. The molecule has 0 saturated heterocycles. The first kappa shape index (κ1) is 7.25. The summed E-state index contributed by atoms with van der Waals surface area (Å²) in [5.74, 6) is 0. The van der Waals surface area contributed by atoms with E-state index in [9.17, 15) is 4.79 Å². The Hall–Kier alpha value is -2.17. The number of nitrogens with one attached hydrogen (secondary N) is 1. The van der Waals surface area contributed by atoms with Crippen molar-refractivity contribution in [1.82, 2.24) is 19.6 Å². The van der Waals surface area contributed by atoms with Crippen molar-refractivity contribution < 1.29 is 0 Å². The van der Waals surface area contributed by atoms with E-state index in [1.165, 1.54) is 10.7 Å². The molecule has 3 heterocycles. The maximum atomic E-state index is 11.8. The second-order valence-electron chi connectivity index (χ2n) is 2.97. The summed E-state index contributed by atoms with van der Waals surface area (Å²) in [6, 6.07) is 3.48. The van der Waals surface area contributed by atoms with Crippen molar-refractivity contribution in [2.45, 2.75) is 0 Å². The molecular formula is C9H6N4O. The third-order valence-electron chi connectivity index (χ3n) is 2.13. The fraction of sp³-hybridized carbons (Fsp3) is 0. The zero-order valence-corrected chi connectivity index (χ0v) is 7.14. The number of aromatic nitrogens is 4. The van der Waals surface area contributed by atoms with Crippen molar-refractivity contribution in [2.75, 3.05) is 0 Å². The van der Waals surface area contributed by atoms with Gasteiger partial charge in [-0.2, -0.15) is 0 Å². The molecule has 0 aliphatic heterocycles. The number of pyridine rings is 1. The third kappa shape index (κ3) is 0.806. The van der Waals surface area contributed by atoms with Gasteiger partial charge in [-0.1, -0.05) is 0 Å². The van der Waals surface area contributed by atoms with Crippen LogP contribution in [-0.4, -0.2) is 19.6 Å². The van der Waals surface area contributed by atoms with Crippen LogP contribution in [0.15, 0.2) is 35.5 Å². The Morgan fingerprint density at radius 3 is 3.21 bits per heavy atom. The molecule has 0 radical (unpaired) electrons. The maximum Gasteiger partial charge on any atom is 0.282 e. The maximum absolute atomic E-state index is 11.8. The molecule has 14 heavy (non-hydrogen) atoms. The summed E-state index contributed by atoms with van der Waals surface area (Å²) >= 11 is 0. The summed E-state index contributed by atoms with van der Waals surface area (Å²) < 4.78 is 1.39. The minimum absolute atomic E-state index is 0.122. The predicted octanol–water partition coefficient (Wildman–Crippen LogP) is 0.571. The van der Waals surface area contributed by atoms with Crippen LogP contribution in [-0.2, 0) is 0 Å². The van der Waals surface area contributed by atoms with Gasteiger partial charge in [0.25, 0.3) is 5.56 Å². The molecule has 0 amide bonds. The van der Waals surface area contributed by atoms with Crippen LogP contribution in [0.4, 0.5) is 0 Å². The average molecular weight is 186 g/mol. The molecule has 3 aromatic rings. The van der Waals surface area contributed by atoms with E-state index in [0.29, 0.717) is 16.6 Å². The number of fused-ring (bicyclic) bond motifs is 2. The van der Waals surface area contributed by atoms with Gasteiger partial charge in [0.1, 0.15) is 0 Å². The lowest BCUT2D eigenvalue weighted by Gasteiger charge is -1.96. The van der Waals surface area contributed by atoms with Gasteiger partial charge in [0.05, 0.1) is 10.9 Å². The van der Waals surface area contributed by atoms with Crippen LogP contribution in [0.25, 0.3) is 16.6 Å². The SMILES string of the molecule is O=c1c2cnccc2nc2cc[nH]n12. The molecular weight excluding hydrogens is 180 g/mol. The normalized spacial score (nSPS) is 11.1. The quantitative estimate of drug-likeness (QED) is 0.558. The Bertz CT molecular complexity index is 667. The standard InChI is InChI=1S/C9H6N4O/c14-9-6-5-10-3-1-7(6)12-8-2-4-11-13(8)9/h1-5,11H. The molecule has 3 rings (SSSR count). The second kappa shape index (κ2) is 2.41. The molecule has 0 unspecified atom stereocenters. The van der Waals surface area contributed by atoms with Gasteiger partial charge in [-0.05, 0) is 6.07 Å². The van der Waals surface area contributed by atoms with Crippen molar-refractivity contribution >= 4 is 16.6 Å². The molecule has 0 bridgehead atoms. The van der Waals surface area contributed by atoms with Gasteiger partial charge < -0.3 is 0 Å². The van der Waals surface area contributed by atoms with Crippen LogP contribution >= 0.6 is 0 Å². The molecule has 0 aliphatic rings. The first-order valence-corrected chi connectivity index (χ1v) is 4.16. The van der Waals surface area contributed by atoms with Crippen molar-refractivity contribution in [3.8, 4) is 0 Å². The number of aromatic amines is 1. The van der Waals surface area contributed by atoms with Crippen LogP contribution in [0, 0.1) is 0 Å². The predicted molar refractivity (Wildman–Crippen MR) is 51.1 cm³/mol. The summed E-state index contributed by atoms with van der Waals surface area (Å²) in [6.45, 7) is 0. The van der Waals surface area contributed by atoms with Gasteiger partial charge in [-0.15, -0.1) is 0 Å². The molecule has 0 aliphatic carbocycles. The van der Waals surface area contributed by atoms with Crippen molar-refractivity contribution in [2.24, 2.45) is 0 Å². The molecule has 0 fully saturated rings. The molecule has 0 atom stereocenters. The highest BCUT2D eigenvalue weighted by Gasteiger charge is 2.04. The van der Waals surface area contributed by atoms with Crippen LogP contribution < -0.4 is 5.56 Å². The number of nitrogens with zero attached hydrogens (tertiary/aromatic N) is 3. The second-order valence-corrected chi connectivity index (χ2v) is 2.97. The average Bonchev–Trinajstić information content (AvgIpc) is 2.66. The van der Waals surface area contributed by atoms with E-state index in [1.54, 1.807) is 24.5 Å². The van der Waals surface area contributed by atoms with E-state index in [4.69, 9.17) is 0 Å². The van der Waals surface area contributed by atoms with Crippen LogP contribution in [0.5, 0.6) is 0 Å². The molecule has 3 aromatic heterocycles. The van der Waals surface area contributed by atoms with Gasteiger partial charge in [0.15, 0.2) is 5.65 Å². The Labute approximate surface area is 78.0 Å². The van der Waals surface area contributed by atoms with Crippen molar-refractivity contribution in [3.63, 3.8) is 0 Å². The Balaban J connectivity index is 2.70. The first-order valence-electron chi connectivity index (χ1n) is 4.16. The van der Waals surface area contributed by atoms with Gasteiger partial charge in [-0.25, -0.2) is 9.50 Å². The first-order chi connectivity index (χ1) is 6.86. The number of hydrogen-bond donors (Lipinski definition) is 1. The lowest BCUT2D eigenvalue weighted by molar-refractivity contribution is 0.914. The van der Waals surface area contributed by atoms with E-state index >= 15 is 0 Å². The van der Waals surface area contributed by atoms with Crippen molar-refractivity contribution in [3.05, 3.63) is 41.1 Å². The molecule has 5 heteroatoms. The third-order valence-corrected chi connectivity index (χ3v) is 2.13. The van der Waals surface area contributed by atoms with E-state index < -0.39 is 0 Å². The van der Waals surface area contributed by atoms with Crippen LogP contribution in [0.2, 0.25) is 0 Å². The largest absolute Gasteiger partial charge is 0.297 e. The van der Waals surface area contributed by atoms with E-state index in [0.717, 1.165) is 0 Å². The molecule has 1 N–H and O–H groups in total. The van der Waals surface area contributed by atoms with E-state index in [2.05, 4.69) is 15.1 Å². The highest BCUT2D eigenvalue weighted by Crippen LogP contribution is 2.05. The molecule has 0 aromatic carbocycles. The van der Waals surface area contributed by atoms with Crippen molar-refractivity contribution in [1.29, 1.82) is 0 Å². The summed E-state index contributed by atoms with van der Waals surface area (Å²) in [5, 5.41) is 3.31. The topological polar surface area (TPSA) is 63.0 Å². The summed E-state index contributed by atoms with van der Waals surface area (Å²) in [6.07, 6.45) is 4.83. The van der Waals surface area contributed by atoms with Gasteiger partial charge >= 0.3 is 0 Å². The Morgan fingerprint density at radius 2 is 2.29 bits per heavy atom.